The summed E-state index contributed by atoms with van der Waals surface area (Å²) in [5, 5.41) is 3.42. The molecule has 0 bridgehead atoms. The second-order valence-electron chi connectivity index (χ2n) is 3.81. The van der Waals surface area contributed by atoms with Crippen LogP contribution in [-0.2, 0) is 6.42 Å². The van der Waals surface area contributed by atoms with Crippen LogP contribution >= 0.6 is 0 Å². The van der Waals surface area contributed by atoms with E-state index in [2.05, 4.69) is 48.1 Å². The van der Waals surface area contributed by atoms with Gasteiger partial charge in [0, 0.05) is 17.6 Å². The van der Waals surface area contributed by atoms with E-state index in [1.807, 2.05) is 6.21 Å². The van der Waals surface area contributed by atoms with Crippen LogP contribution in [-0.4, -0.2) is 12.3 Å². The predicted molar refractivity (Wildman–Crippen MR) is 65.5 cm³/mol. The van der Waals surface area contributed by atoms with Gasteiger partial charge in [-0.15, -0.1) is 0 Å². The number of anilines is 1. The lowest BCUT2D eigenvalue weighted by atomic mass is 10.1. The number of benzene rings is 1. The predicted octanol–water partition coefficient (Wildman–Crippen LogP) is 3.02. The van der Waals surface area contributed by atoms with E-state index in [9.17, 15) is 0 Å². The standard InChI is InChI=1S/C13H16N2/c1-3-10(2)14-9-12-8-11-6-4-5-7-13(11)15-12/h4-7,9,12,15H,2-3,8H2,1H3/b14-9-. The minimum absolute atomic E-state index is 0.325. The highest BCUT2D eigenvalue weighted by molar-refractivity contribution is 5.75. The van der Waals surface area contributed by atoms with Crippen LogP contribution in [0.3, 0.4) is 0 Å². The molecule has 1 aromatic rings. The third-order valence-corrected chi connectivity index (χ3v) is 2.64. The van der Waals surface area contributed by atoms with Crippen LogP contribution in [0.2, 0.25) is 0 Å². The molecule has 0 spiro atoms. The van der Waals surface area contributed by atoms with Crippen molar-refractivity contribution in [2.45, 2.75) is 25.8 Å². The molecule has 2 nitrogen and oxygen atoms in total. The van der Waals surface area contributed by atoms with E-state index >= 15 is 0 Å². The average molecular weight is 200 g/mol. The number of hydrogen-bond acceptors (Lipinski definition) is 2. The number of nitrogens with zero attached hydrogens (tertiary/aromatic N) is 1. The fourth-order valence-electron chi connectivity index (χ4n) is 1.70. The van der Waals surface area contributed by atoms with Crippen LogP contribution < -0.4 is 5.32 Å². The van der Waals surface area contributed by atoms with E-state index in [1.54, 1.807) is 0 Å². The van der Waals surface area contributed by atoms with E-state index in [1.165, 1.54) is 11.3 Å². The first kappa shape index (κ1) is 9.97. The Morgan fingerprint density at radius 1 is 1.60 bits per heavy atom. The summed E-state index contributed by atoms with van der Waals surface area (Å²) < 4.78 is 0. The van der Waals surface area contributed by atoms with Crippen molar-refractivity contribution in [1.82, 2.24) is 0 Å². The highest BCUT2D eigenvalue weighted by Crippen LogP contribution is 2.24. The molecule has 1 aliphatic heterocycles. The van der Waals surface area contributed by atoms with Gasteiger partial charge >= 0.3 is 0 Å². The van der Waals surface area contributed by atoms with Crippen molar-refractivity contribution in [2.75, 3.05) is 5.32 Å². The van der Waals surface area contributed by atoms with Gasteiger partial charge in [-0.2, -0.15) is 0 Å². The minimum atomic E-state index is 0.325. The zero-order valence-electron chi connectivity index (χ0n) is 9.03. The Bertz CT molecular complexity index is 368. The number of para-hydroxylation sites is 1. The van der Waals surface area contributed by atoms with Gasteiger partial charge in [0.25, 0.3) is 0 Å². The fourth-order valence-corrected chi connectivity index (χ4v) is 1.70. The first-order chi connectivity index (χ1) is 7.29. The van der Waals surface area contributed by atoms with E-state index < -0.39 is 0 Å². The Balaban J connectivity index is 2.02. The van der Waals surface area contributed by atoms with Gasteiger partial charge in [-0.1, -0.05) is 31.7 Å². The van der Waals surface area contributed by atoms with Gasteiger partial charge in [-0.05, 0) is 24.5 Å². The molecule has 15 heavy (non-hydrogen) atoms. The molecular formula is C13H16N2. The zero-order chi connectivity index (χ0) is 10.7. The molecule has 2 rings (SSSR count). The first-order valence-electron chi connectivity index (χ1n) is 5.36. The smallest absolute Gasteiger partial charge is 0.0657 e. The molecule has 1 aliphatic rings. The maximum Gasteiger partial charge on any atom is 0.0657 e. The molecule has 1 heterocycles. The number of aliphatic imine (C=N–C) groups is 1. The molecule has 0 amide bonds. The monoisotopic (exact) mass is 200 g/mol. The van der Waals surface area contributed by atoms with Gasteiger partial charge in [-0.25, -0.2) is 0 Å². The van der Waals surface area contributed by atoms with Crippen molar-refractivity contribution in [3.8, 4) is 0 Å². The van der Waals surface area contributed by atoms with Crippen molar-refractivity contribution >= 4 is 11.9 Å². The second-order valence-corrected chi connectivity index (χ2v) is 3.81. The summed E-state index contributed by atoms with van der Waals surface area (Å²) in [5.41, 5.74) is 3.54. The largest absolute Gasteiger partial charge is 0.377 e. The molecule has 0 saturated heterocycles. The topological polar surface area (TPSA) is 24.4 Å². The molecule has 1 N–H and O–H groups in total. The molecule has 1 aromatic carbocycles. The summed E-state index contributed by atoms with van der Waals surface area (Å²) in [6.45, 7) is 5.92. The summed E-state index contributed by atoms with van der Waals surface area (Å²) in [4.78, 5) is 4.33. The van der Waals surface area contributed by atoms with Gasteiger partial charge in [0.15, 0.2) is 0 Å². The van der Waals surface area contributed by atoms with Gasteiger partial charge in [0.05, 0.1) is 6.04 Å². The number of hydrogen-bond donors (Lipinski definition) is 1. The SMILES string of the molecule is C=C(CC)/N=C\C1Cc2ccccc2N1. The van der Waals surface area contributed by atoms with Gasteiger partial charge in [0.2, 0.25) is 0 Å². The highest BCUT2D eigenvalue weighted by Gasteiger charge is 2.17. The molecule has 0 saturated carbocycles. The third kappa shape index (κ3) is 2.27. The molecule has 2 heteroatoms. The van der Waals surface area contributed by atoms with Crippen molar-refractivity contribution < 1.29 is 0 Å². The van der Waals surface area contributed by atoms with Gasteiger partial charge in [-0.3, -0.25) is 4.99 Å². The lowest BCUT2D eigenvalue weighted by Gasteiger charge is -2.04. The van der Waals surface area contributed by atoms with Crippen LogP contribution in [0.1, 0.15) is 18.9 Å². The van der Waals surface area contributed by atoms with Crippen LogP contribution in [0.25, 0.3) is 0 Å². The Kier molecular flexibility index (Phi) is 2.86. The molecule has 0 radical (unpaired) electrons. The first-order valence-corrected chi connectivity index (χ1v) is 5.36. The maximum atomic E-state index is 4.33. The van der Waals surface area contributed by atoms with Crippen molar-refractivity contribution in [3.05, 3.63) is 42.1 Å². The van der Waals surface area contributed by atoms with E-state index in [0.717, 1.165) is 18.5 Å². The van der Waals surface area contributed by atoms with Gasteiger partial charge < -0.3 is 5.32 Å². The maximum absolute atomic E-state index is 4.33. The summed E-state index contributed by atoms with van der Waals surface area (Å²) >= 11 is 0. The van der Waals surface area contributed by atoms with Crippen LogP contribution in [0, 0.1) is 0 Å². The van der Waals surface area contributed by atoms with Gasteiger partial charge in [0.1, 0.15) is 0 Å². The van der Waals surface area contributed by atoms with E-state index in [0.29, 0.717) is 6.04 Å². The van der Waals surface area contributed by atoms with E-state index in [4.69, 9.17) is 0 Å². The van der Waals surface area contributed by atoms with Crippen molar-refractivity contribution in [2.24, 2.45) is 4.99 Å². The van der Waals surface area contributed by atoms with Crippen molar-refractivity contribution in [3.63, 3.8) is 0 Å². The summed E-state index contributed by atoms with van der Waals surface area (Å²) in [7, 11) is 0. The van der Waals surface area contributed by atoms with Crippen LogP contribution in [0.4, 0.5) is 5.69 Å². The molecule has 78 valence electrons. The molecular weight excluding hydrogens is 184 g/mol. The second kappa shape index (κ2) is 4.30. The van der Waals surface area contributed by atoms with E-state index in [-0.39, 0.29) is 0 Å². The normalized spacial score (nSPS) is 18.9. The number of nitrogens with one attached hydrogen (secondary N) is 1. The Hall–Kier alpha value is -1.57. The lowest BCUT2D eigenvalue weighted by Crippen LogP contribution is -2.16. The molecule has 0 aliphatic carbocycles. The average Bonchev–Trinajstić information content (AvgIpc) is 2.68. The van der Waals surface area contributed by atoms with Crippen LogP contribution in [0.5, 0.6) is 0 Å². The Morgan fingerprint density at radius 2 is 2.40 bits per heavy atom. The summed E-state index contributed by atoms with van der Waals surface area (Å²) in [5.74, 6) is 0. The highest BCUT2D eigenvalue weighted by atomic mass is 15.0. The Morgan fingerprint density at radius 3 is 3.13 bits per heavy atom. The van der Waals surface area contributed by atoms with Crippen molar-refractivity contribution in [1.29, 1.82) is 0 Å². The minimum Gasteiger partial charge on any atom is -0.377 e. The fraction of sp³-hybridized carbons (Fsp3) is 0.308. The Labute approximate surface area is 90.7 Å². The quantitative estimate of drug-likeness (QED) is 0.745. The number of allylic oxidation sites excluding steroid dienone is 1. The molecule has 0 fully saturated rings. The number of rotatable bonds is 3. The van der Waals surface area contributed by atoms with Crippen LogP contribution in [0.15, 0.2) is 41.5 Å². The third-order valence-electron chi connectivity index (χ3n) is 2.64. The molecule has 1 atom stereocenters. The lowest BCUT2D eigenvalue weighted by molar-refractivity contribution is 0.975. The summed E-state index contributed by atoms with van der Waals surface area (Å²) in [6.07, 6.45) is 3.90. The summed E-state index contributed by atoms with van der Waals surface area (Å²) in [6, 6.07) is 8.72. The zero-order valence-corrected chi connectivity index (χ0v) is 9.03. The molecule has 1 unspecified atom stereocenters. The molecule has 0 aromatic heterocycles. The number of fused-ring (bicyclic) bond motifs is 1.